The molecular weight excluding hydrogens is 356 g/mol. The predicted octanol–water partition coefficient (Wildman–Crippen LogP) is 6.33. The van der Waals surface area contributed by atoms with Crippen molar-refractivity contribution >= 4 is 11.9 Å². The molecule has 28 heavy (non-hydrogen) atoms. The average molecular weight is 401 g/mol. The fraction of sp³-hybridized carbons (Fsp3) is 0.913. The Morgan fingerprint density at radius 1 is 0.714 bits per heavy atom. The maximum Gasteiger partial charge on any atom is 0.349 e. The summed E-state index contributed by atoms with van der Waals surface area (Å²) in [5, 5.41) is 0. The summed E-state index contributed by atoms with van der Waals surface area (Å²) in [6.45, 7) is 5.20. The van der Waals surface area contributed by atoms with Gasteiger partial charge in [-0.2, -0.15) is 0 Å². The summed E-state index contributed by atoms with van der Waals surface area (Å²) in [5.74, 6) is -0.989. The van der Waals surface area contributed by atoms with Crippen molar-refractivity contribution in [2.24, 2.45) is 0 Å². The van der Waals surface area contributed by atoms with Gasteiger partial charge in [0, 0.05) is 14.0 Å². The van der Waals surface area contributed by atoms with Crippen LogP contribution in [-0.2, 0) is 23.8 Å². The van der Waals surface area contributed by atoms with Crippen molar-refractivity contribution in [3.05, 3.63) is 0 Å². The van der Waals surface area contributed by atoms with Crippen molar-refractivity contribution in [2.75, 3.05) is 7.11 Å². The Hall–Kier alpha value is -1.10. The number of carbonyl (C=O) groups excluding carboxylic acids is 2. The molecule has 0 aromatic rings. The van der Waals surface area contributed by atoms with E-state index in [1.54, 1.807) is 6.92 Å². The zero-order valence-electron chi connectivity index (χ0n) is 18.8. The van der Waals surface area contributed by atoms with E-state index in [-0.39, 0.29) is 0 Å². The number of esters is 2. The smallest absolute Gasteiger partial charge is 0.349 e. The minimum Gasteiger partial charge on any atom is -0.451 e. The van der Waals surface area contributed by atoms with Crippen LogP contribution in [0.3, 0.4) is 0 Å². The van der Waals surface area contributed by atoms with Gasteiger partial charge >= 0.3 is 11.9 Å². The molecule has 0 N–H and O–H groups in total. The lowest BCUT2D eigenvalue weighted by Gasteiger charge is -2.18. The third-order valence-corrected chi connectivity index (χ3v) is 5.01. The summed E-state index contributed by atoms with van der Waals surface area (Å²) in [4.78, 5) is 23.2. The van der Waals surface area contributed by atoms with E-state index >= 15 is 0 Å². The number of methoxy groups -OCH3 is 1. The van der Waals surface area contributed by atoms with Gasteiger partial charge in [0.2, 0.25) is 0 Å². The lowest BCUT2D eigenvalue weighted by molar-refractivity contribution is -0.186. The number of hydrogen-bond acceptors (Lipinski definition) is 5. The SMILES string of the molecule is CCCCCCCCCCCCCCCCC(OC(C)=O)C(=O)OC(C)OC. The maximum absolute atomic E-state index is 12.0. The molecule has 0 aliphatic carbocycles. The molecule has 5 heteroatoms. The zero-order valence-corrected chi connectivity index (χ0v) is 18.8. The Labute approximate surface area is 172 Å². The van der Waals surface area contributed by atoms with E-state index in [9.17, 15) is 9.59 Å². The van der Waals surface area contributed by atoms with Crippen LogP contribution < -0.4 is 0 Å². The Balaban J connectivity index is 3.64. The molecule has 0 saturated carbocycles. The molecule has 0 heterocycles. The van der Waals surface area contributed by atoms with Gasteiger partial charge in [-0.15, -0.1) is 0 Å². The first-order chi connectivity index (χ1) is 13.5. The first-order valence-corrected chi connectivity index (χ1v) is 11.4. The highest BCUT2D eigenvalue weighted by Gasteiger charge is 2.24. The van der Waals surface area contributed by atoms with Gasteiger partial charge in [0.05, 0.1) is 0 Å². The van der Waals surface area contributed by atoms with Gasteiger partial charge in [0.25, 0.3) is 0 Å². The van der Waals surface area contributed by atoms with Crippen molar-refractivity contribution in [1.82, 2.24) is 0 Å². The Kier molecular flexibility index (Phi) is 18.5. The van der Waals surface area contributed by atoms with Gasteiger partial charge in [-0.3, -0.25) is 4.79 Å². The summed E-state index contributed by atoms with van der Waals surface area (Å²) in [5.41, 5.74) is 0. The normalized spacial score (nSPS) is 13.1. The molecule has 0 aliphatic heterocycles. The molecule has 0 rings (SSSR count). The topological polar surface area (TPSA) is 61.8 Å². The molecule has 5 nitrogen and oxygen atoms in total. The Morgan fingerprint density at radius 3 is 1.54 bits per heavy atom. The predicted molar refractivity (Wildman–Crippen MR) is 113 cm³/mol. The zero-order chi connectivity index (χ0) is 21.0. The number of unbranched alkanes of at least 4 members (excludes halogenated alkanes) is 13. The molecule has 166 valence electrons. The van der Waals surface area contributed by atoms with Gasteiger partial charge in [-0.25, -0.2) is 4.79 Å². The summed E-state index contributed by atoms with van der Waals surface area (Å²) < 4.78 is 15.1. The second-order valence-corrected chi connectivity index (χ2v) is 7.72. The summed E-state index contributed by atoms with van der Waals surface area (Å²) >= 11 is 0. The quantitative estimate of drug-likeness (QED) is 0.144. The van der Waals surface area contributed by atoms with Crippen LogP contribution >= 0.6 is 0 Å². The highest BCUT2D eigenvalue weighted by molar-refractivity contribution is 5.78. The lowest BCUT2D eigenvalue weighted by Crippen LogP contribution is -2.31. The van der Waals surface area contributed by atoms with E-state index in [1.165, 1.54) is 84.7 Å². The highest BCUT2D eigenvalue weighted by atomic mass is 16.7. The van der Waals surface area contributed by atoms with E-state index in [0.717, 1.165) is 19.3 Å². The summed E-state index contributed by atoms with van der Waals surface area (Å²) in [7, 11) is 1.46. The molecule has 0 saturated heterocycles. The first kappa shape index (κ1) is 26.9. The van der Waals surface area contributed by atoms with E-state index < -0.39 is 24.3 Å². The van der Waals surface area contributed by atoms with Crippen molar-refractivity contribution in [1.29, 1.82) is 0 Å². The molecule has 2 unspecified atom stereocenters. The van der Waals surface area contributed by atoms with Crippen LogP contribution in [0.4, 0.5) is 0 Å². The molecule has 2 atom stereocenters. The van der Waals surface area contributed by atoms with Crippen LogP contribution in [0.2, 0.25) is 0 Å². The Morgan fingerprint density at radius 2 is 1.14 bits per heavy atom. The summed E-state index contributed by atoms with van der Waals surface area (Å²) in [6, 6.07) is 0. The van der Waals surface area contributed by atoms with Gasteiger partial charge in [0.1, 0.15) is 0 Å². The van der Waals surface area contributed by atoms with Crippen molar-refractivity contribution in [3.8, 4) is 0 Å². The minimum atomic E-state index is -0.826. The van der Waals surface area contributed by atoms with Crippen LogP contribution in [0.15, 0.2) is 0 Å². The average Bonchev–Trinajstić information content (AvgIpc) is 2.66. The number of hydrogen-bond donors (Lipinski definition) is 0. The molecule has 0 amide bonds. The molecule has 0 radical (unpaired) electrons. The molecule has 0 aromatic carbocycles. The number of ether oxygens (including phenoxy) is 3. The van der Waals surface area contributed by atoms with Crippen LogP contribution in [0.25, 0.3) is 0 Å². The van der Waals surface area contributed by atoms with E-state index in [2.05, 4.69) is 6.92 Å². The standard InChI is InChI=1S/C23H44O5/c1-5-6-7-8-9-10-11-12-13-14-15-16-17-18-19-22(27-20(2)24)23(25)28-21(3)26-4/h21-22H,5-19H2,1-4H3. The third kappa shape index (κ3) is 17.0. The second-order valence-electron chi connectivity index (χ2n) is 7.72. The maximum atomic E-state index is 12.0. The van der Waals surface area contributed by atoms with Gasteiger partial charge < -0.3 is 14.2 Å². The summed E-state index contributed by atoms with van der Waals surface area (Å²) in [6.07, 6.45) is 17.0. The molecule has 0 spiro atoms. The Bertz CT molecular complexity index is 383. The van der Waals surface area contributed by atoms with Crippen molar-refractivity contribution in [2.45, 2.75) is 129 Å². The first-order valence-electron chi connectivity index (χ1n) is 11.4. The van der Waals surface area contributed by atoms with Crippen molar-refractivity contribution < 1.29 is 23.8 Å². The third-order valence-electron chi connectivity index (χ3n) is 5.01. The van der Waals surface area contributed by atoms with Gasteiger partial charge in [-0.05, 0) is 19.8 Å². The molecule has 0 fully saturated rings. The lowest BCUT2D eigenvalue weighted by atomic mass is 10.0. The number of rotatable bonds is 19. The fourth-order valence-corrected chi connectivity index (χ4v) is 3.24. The monoisotopic (exact) mass is 400 g/mol. The number of carbonyl (C=O) groups is 2. The fourth-order valence-electron chi connectivity index (χ4n) is 3.24. The van der Waals surface area contributed by atoms with Gasteiger partial charge in [-0.1, -0.05) is 90.4 Å². The van der Waals surface area contributed by atoms with Gasteiger partial charge in [0.15, 0.2) is 12.4 Å². The van der Waals surface area contributed by atoms with Crippen LogP contribution in [-0.4, -0.2) is 31.4 Å². The van der Waals surface area contributed by atoms with E-state index in [0.29, 0.717) is 6.42 Å². The van der Waals surface area contributed by atoms with Crippen LogP contribution in [0.5, 0.6) is 0 Å². The molecular formula is C23H44O5. The molecule has 0 aromatic heterocycles. The minimum absolute atomic E-state index is 0.461. The second kappa shape index (κ2) is 19.2. The highest BCUT2D eigenvalue weighted by Crippen LogP contribution is 2.15. The van der Waals surface area contributed by atoms with Crippen LogP contribution in [0.1, 0.15) is 117 Å². The molecule has 0 aliphatic rings. The van der Waals surface area contributed by atoms with Crippen LogP contribution in [0, 0.1) is 0 Å². The molecule has 0 bridgehead atoms. The van der Waals surface area contributed by atoms with E-state index in [4.69, 9.17) is 14.2 Å². The van der Waals surface area contributed by atoms with Crippen molar-refractivity contribution in [3.63, 3.8) is 0 Å². The van der Waals surface area contributed by atoms with E-state index in [1.807, 2.05) is 0 Å². The largest absolute Gasteiger partial charge is 0.451 e.